The van der Waals surface area contributed by atoms with Gasteiger partial charge in [0.1, 0.15) is 5.75 Å². The van der Waals surface area contributed by atoms with E-state index in [-0.39, 0.29) is 5.56 Å². The molecule has 0 saturated carbocycles. The number of phenolic OH excluding ortho intramolecular Hbond substituents is 1. The Hall–Kier alpha value is -2.35. The Kier molecular flexibility index (Phi) is 4.69. The fourth-order valence-electron chi connectivity index (χ4n) is 4.39. The summed E-state index contributed by atoms with van der Waals surface area (Å²) >= 11 is 0. The summed E-state index contributed by atoms with van der Waals surface area (Å²) in [5.41, 5.74) is 0.0661. The summed E-state index contributed by atoms with van der Waals surface area (Å²) in [5, 5.41) is 22.3. The zero-order valence-corrected chi connectivity index (χ0v) is 15.8. The van der Waals surface area contributed by atoms with Crippen LogP contribution in [-0.2, 0) is 6.18 Å². The number of aryl methyl sites for hydroxylation is 1. The van der Waals surface area contributed by atoms with Gasteiger partial charge in [-0.2, -0.15) is 13.2 Å². The third-order valence-electron chi connectivity index (χ3n) is 5.76. The van der Waals surface area contributed by atoms with Crippen molar-refractivity contribution >= 4 is 5.82 Å². The van der Waals surface area contributed by atoms with Crippen LogP contribution in [0.5, 0.6) is 5.75 Å². The molecule has 2 aliphatic heterocycles. The highest BCUT2D eigenvalue weighted by molar-refractivity contribution is 5.71. The van der Waals surface area contributed by atoms with Gasteiger partial charge in [0.2, 0.25) is 0 Å². The van der Waals surface area contributed by atoms with E-state index in [4.69, 9.17) is 0 Å². The number of hydrogen-bond acceptors (Lipinski definition) is 5. The van der Waals surface area contributed by atoms with Crippen LogP contribution in [0, 0.1) is 12.8 Å². The van der Waals surface area contributed by atoms with E-state index in [0.29, 0.717) is 29.3 Å². The molecule has 3 atom stereocenters. The molecule has 1 aromatic heterocycles. The first-order chi connectivity index (χ1) is 13.2. The average molecular weight is 392 g/mol. The molecular weight excluding hydrogens is 369 g/mol. The number of fused-ring (bicyclic) bond motifs is 1. The van der Waals surface area contributed by atoms with Crippen molar-refractivity contribution in [2.24, 2.45) is 5.92 Å². The first-order valence-corrected chi connectivity index (χ1v) is 9.49. The van der Waals surface area contributed by atoms with Crippen molar-refractivity contribution in [2.75, 3.05) is 18.0 Å². The second kappa shape index (κ2) is 6.92. The molecule has 2 fully saturated rings. The zero-order chi connectivity index (χ0) is 20.1. The van der Waals surface area contributed by atoms with Gasteiger partial charge < -0.3 is 15.3 Å². The molecule has 150 valence electrons. The summed E-state index contributed by atoms with van der Waals surface area (Å²) in [6.45, 7) is 5.68. The van der Waals surface area contributed by atoms with Crippen LogP contribution >= 0.6 is 0 Å². The monoisotopic (exact) mass is 392 g/mol. The first kappa shape index (κ1) is 19.0. The third-order valence-corrected chi connectivity index (χ3v) is 5.76. The SMILES string of the molecule is Cc1cc(C(F)(F)F)cc(O)c1-c1ccc(N2CC[C@H]3NCC(C)C[C@@H]32)nn1. The lowest BCUT2D eigenvalue weighted by Crippen LogP contribution is -2.50. The topological polar surface area (TPSA) is 61.3 Å². The van der Waals surface area contributed by atoms with Gasteiger partial charge in [0.05, 0.1) is 11.3 Å². The second-order valence-corrected chi connectivity index (χ2v) is 7.87. The number of rotatable bonds is 2. The molecule has 0 radical (unpaired) electrons. The quantitative estimate of drug-likeness (QED) is 0.815. The van der Waals surface area contributed by atoms with Crippen LogP contribution in [0.2, 0.25) is 0 Å². The minimum Gasteiger partial charge on any atom is -0.507 e. The summed E-state index contributed by atoms with van der Waals surface area (Å²) in [5.74, 6) is 0.915. The molecule has 5 nitrogen and oxygen atoms in total. The Morgan fingerprint density at radius 2 is 2.00 bits per heavy atom. The van der Waals surface area contributed by atoms with Crippen LogP contribution in [0.1, 0.15) is 30.9 Å². The van der Waals surface area contributed by atoms with E-state index in [1.165, 1.54) is 6.92 Å². The molecule has 0 bridgehead atoms. The molecule has 0 spiro atoms. The summed E-state index contributed by atoms with van der Waals surface area (Å²) in [6.07, 6.45) is -2.35. The molecule has 2 N–H and O–H groups in total. The van der Waals surface area contributed by atoms with Crippen molar-refractivity contribution in [3.63, 3.8) is 0 Å². The molecule has 8 heteroatoms. The maximum absolute atomic E-state index is 12.9. The Bertz CT molecular complexity index is 846. The number of hydrogen-bond donors (Lipinski definition) is 2. The summed E-state index contributed by atoms with van der Waals surface area (Å²) < 4.78 is 38.8. The molecule has 28 heavy (non-hydrogen) atoms. The zero-order valence-electron chi connectivity index (χ0n) is 15.8. The molecule has 4 rings (SSSR count). The van der Waals surface area contributed by atoms with E-state index >= 15 is 0 Å². The van der Waals surface area contributed by atoms with Crippen molar-refractivity contribution < 1.29 is 18.3 Å². The van der Waals surface area contributed by atoms with E-state index in [2.05, 4.69) is 27.3 Å². The number of benzene rings is 1. The highest BCUT2D eigenvalue weighted by Gasteiger charge is 2.38. The van der Waals surface area contributed by atoms with E-state index in [1.807, 2.05) is 6.07 Å². The van der Waals surface area contributed by atoms with Crippen molar-refractivity contribution in [2.45, 2.75) is 44.9 Å². The molecule has 2 aliphatic rings. The van der Waals surface area contributed by atoms with Crippen molar-refractivity contribution in [1.82, 2.24) is 15.5 Å². The number of halogens is 3. The first-order valence-electron chi connectivity index (χ1n) is 9.49. The lowest BCUT2D eigenvalue weighted by Gasteiger charge is -2.35. The summed E-state index contributed by atoms with van der Waals surface area (Å²) in [6, 6.07) is 6.14. The maximum atomic E-state index is 12.9. The molecule has 0 amide bonds. The highest BCUT2D eigenvalue weighted by atomic mass is 19.4. The number of alkyl halides is 3. The van der Waals surface area contributed by atoms with Crippen molar-refractivity contribution in [3.05, 3.63) is 35.4 Å². The minimum absolute atomic E-state index is 0.277. The average Bonchev–Trinajstić information content (AvgIpc) is 3.04. The number of aromatic hydroxyl groups is 1. The molecule has 1 unspecified atom stereocenters. The predicted molar refractivity (Wildman–Crippen MR) is 100 cm³/mol. The van der Waals surface area contributed by atoms with Crippen LogP contribution in [-0.4, -0.2) is 40.5 Å². The van der Waals surface area contributed by atoms with Gasteiger partial charge in [-0.25, -0.2) is 0 Å². The van der Waals surface area contributed by atoms with Gasteiger partial charge in [-0.1, -0.05) is 6.92 Å². The fourth-order valence-corrected chi connectivity index (χ4v) is 4.39. The Labute approximate surface area is 161 Å². The van der Waals surface area contributed by atoms with Crippen molar-refractivity contribution in [1.29, 1.82) is 0 Å². The standard InChI is InChI=1S/C20H23F3N4O/c1-11-7-16-14(24-10-11)5-6-27(16)18-4-3-15(25-26-18)19-12(2)8-13(9-17(19)28)20(21,22)23/h3-4,8-9,11,14,16,24,28H,5-7,10H2,1-2H3/t11?,14-,16+/m1/s1. The molecule has 1 aromatic carbocycles. The predicted octanol–water partition coefficient (Wildman–Crippen LogP) is 3.75. The number of nitrogens with zero attached hydrogens (tertiary/aromatic N) is 3. The minimum atomic E-state index is -4.51. The van der Waals surface area contributed by atoms with Gasteiger partial charge in [0.25, 0.3) is 0 Å². The van der Waals surface area contributed by atoms with E-state index < -0.39 is 17.5 Å². The lowest BCUT2D eigenvalue weighted by atomic mass is 9.92. The van der Waals surface area contributed by atoms with Gasteiger partial charge >= 0.3 is 6.18 Å². The Balaban J connectivity index is 1.61. The van der Waals surface area contributed by atoms with Gasteiger partial charge in [0.15, 0.2) is 5.82 Å². The molecule has 3 heterocycles. The number of anilines is 1. The molecule has 0 aliphatic carbocycles. The van der Waals surface area contributed by atoms with Gasteiger partial charge in [-0.15, -0.1) is 10.2 Å². The fraction of sp³-hybridized carbons (Fsp3) is 0.500. The van der Waals surface area contributed by atoms with Crippen LogP contribution in [0.25, 0.3) is 11.3 Å². The third kappa shape index (κ3) is 3.41. The summed E-state index contributed by atoms with van der Waals surface area (Å²) in [4.78, 5) is 2.25. The van der Waals surface area contributed by atoms with E-state index in [1.54, 1.807) is 6.07 Å². The lowest BCUT2D eigenvalue weighted by molar-refractivity contribution is -0.137. The normalized spacial score (nSPS) is 25.0. The van der Waals surface area contributed by atoms with Gasteiger partial charge in [-0.05, 0) is 62.1 Å². The maximum Gasteiger partial charge on any atom is 0.416 e. The van der Waals surface area contributed by atoms with Gasteiger partial charge in [0, 0.05) is 24.2 Å². The van der Waals surface area contributed by atoms with E-state index in [0.717, 1.165) is 43.9 Å². The van der Waals surface area contributed by atoms with E-state index in [9.17, 15) is 18.3 Å². The molecular formula is C20H23F3N4O. The second-order valence-electron chi connectivity index (χ2n) is 7.87. The number of nitrogens with one attached hydrogen (secondary N) is 1. The molecule has 2 aromatic rings. The van der Waals surface area contributed by atoms with Crippen LogP contribution in [0.4, 0.5) is 19.0 Å². The number of aromatic nitrogens is 2. The Morgan fingerprint density at radius 3 is 2.64 bits per heavy atom. The van der Waals surface area contributed by atoms with Crippen LogP contribution in [0.15, 0.2) is 24.3 Å². The number of phenols is 1. The summed E-state index contributed by atoms with van der Waals surface area (Å²) in [7, 11) is 0. The van der Waals surface area contributed by atoms with Gasteiger partial charge in [-0.3, -0.25) is 0 Å². The highest BCUT2D eigenvalue weighted by Crippen LogP contribution is 2.39. The smallest absolute Gasteiger partial charge is 0.416 e. The van der Waals surface area contributed by atoms with Crippen molar-refractivity contribution in [3.8, 4) is 17.0 Å². The Morgan fingerprint density at radius 1 is 1.21 bits per heavy atom. The van der Waals surface area contributed by atoms with Crippen LogP contribution < -0.4 is 10.2 Å². The van der Waals surface area contributed by atoms with Crippen LogP contribution in [0.3, 0.4) is 0 Å². The largest absolute Gasteiger partial charge is 0.507 e. The number of piperidine rings is 1. The molecule has 2 saturated heterocycles.